The van der Waals surface area contributed by atoms with Crippen molar-refractivity contribution < 1.29 is 9.13 Å². The van der Waals surface area contributed by atoms with Crippen LogP contribution in [-0.2, 0) is 13.1 Å². The highest BCUT2D eigenvalue weighted by Crippen LogP contribution is 2.20. The number of hydrogen-bond donors (Lipinski definition) is 0. The minimum absolute atomic E-state index is 0.00500. The summed E-state index contributed by atoms with van der Waals surface area (Å²) in [4.78, 5) is 16.7. The van der Waals surface area contributed by atoms with Gasteiger partial charge in [0, 0.05) is 12.6 Å². The van der Waals surface area contributed by atoms with Gasteiger partial charge in [0.25, 0.3) is 5.56 Å². The highest BCUT2D eigenvalue weighted by Gasteiger charge is 2.10. The van der Waals surface area contributed by atoms with Crippen LogP contribution in [0, 0.1) is 5.82 Å². The minimum Gasteiger partial charge on any atom is -0.492 e. The molecular weight excluding hydrogens is 323 g/mol. The first-order valence-corrected chi connectivity index (χ1v) is 7.46. The van der Waals surface area contributed by atoms with E-state index in [1.165, 1.54) is 29.1 Å². The molecule has 0 N–H and O–H groups in total. The van der Waals surface area contributed by atoms with Gasteiger partial charge in [0.15, 0.2) is 5.52 Å². The number of rotatable bonds is 5. The number of aryl methyl sites for hydroxylation is 1. The van der Waals surface area contributed by atoms with E-state index in [9.17, 15) is 9.18 Å². The molecule has 0 bridgehead atoms. The molecule has 3 rings (SSSR count). The van der Waals surface area contributed by atoms with Crippen molar-refractivity contribution in [2.24, 2.45) is 0 Å². The number of benzene rings is 1. The topological polar surface area (TPSA) is 61.9 Å². The molecule has 0 saturated heterocycles. The molecule has 0 unspecified atom stereocenters. The van der Waals surface area contributed by atoms with Crippen LogP contribution < -0.4 is 10.3 Å². The third kappa shape index (κ3) is 3.05. The van der Waals surface area contributed by atoms with E-state index < -0.39 is 5.82 Å². The summed E-state index contributed by atoms with van der Waals surface area (Å²) in [5.41, 5.74) is 0.870. The van der Waals surface area contributed by atoms with Crippen molar-refractivity contribution in [3.8, 4) is 5.75 Å². The van der Waals surface area contributed by atoms with Gasteiger partial charge in [0.05, 0.1) is 24.1 Å². The Hall–Kier alpha value is -2.41. The van der Waals surface area contributed by atoms with E-state index in [0.717, 1.165) is 0 Å². The van der Waals surface area contributed by atoms with E-state index in [-0.39, 0.29) is 17.2 Å². The Kier molecular flexibility index (Phi) is 4.29. The summed E-state index contributed by atoms with van der Waals surface area (Å²) in [7, 11) is 0. The van der Waals surface area contributed by atoms with Crippen LogP contribution in [0.25, 0.3) is 11.0 Å². The molecule has 0 spiro atoms. The number of hydrogen-bond acceptors (Lipinski definition) is 4. The van der Waals surface area contributed by atoms with Crippen molar-refractivity contribution in [3.63, 3.8) is 0 Å². The average Bonchev–Trinajstić information content (AvgIpc) is 2.97. The molecule has 0 fully saturated rings. The number of halogens is 2. The van der Waals surface area contributed by atoms with E-state index in [4.69, 9.17) is 16.3 Å². The van der Waals surface area contributed by atoms with Crippen molar-refractivity contribution >= 4 is 22.6 Å². The SMILES string of the molecule is CCn1ncc2ncn(CCOc3ccc(F)c(Cl)c3)c(=O)c21. The first kappa shape index (κ1) is 15.5. The molecule has 2 heterocycles. The lowest BCUT2D eigenvalue weighted by molar-refractivity contribution is 0.295. The molecule has 0 aliphatic rings. The van der Waals surface area contributed by atoms with Gasteiger partial charge in [-0.05, 0) is 19.1 Å². The molecule has 8 heteroatoms. The van der Waals surface area contributed by atoms with E-state index in [1.54, 1.807) is 10.9 Å². The summed E-state index contributed by atoms with van der Waals surface area (Å²) >= 11 is 5.69. The van der Waals surface area contributed by atoms with Crippen LogP contribution in [0.1, 0.15) is 6.92 Å². The fraction of sp³-hybridized carbons (Fsp3) is 0.267. The molecule has 0 aliphatic heterocycles. The van der Waals surface area contributed by atoms with Crippen molar-refractivity contribution in [1.82, 2.24) is 19.3 Å². The van der Waals surface area contributed by atoms with Gasteiger partial charge in [-0.3, -0.25) is 14.0 Å². The van der Waals surface area contributed by atoms with Gasteiger partial charge in [0.2, 0.25) is 0 Å². The van der Waals surface area contributed by atoms with E-state index in [2.05, 4.69) is 10.1 Å². The molecule has 0 aliphatic carbocycles. The van der Waals surface area contributed by atoms with Crippen molar-refractivity contribution in [1.29, 1.82) is 0 Å². The molecule has 0 amide bonds. The normalized spacial score (nSPS) is 11.1. The lowest BCUT2D eigenvalue weighted by Crippen LogP contribution is -2.25. The monoisotopic (exact) mass is 336 g/mol. The molecule has 0 atom stereocenters. The van der Waals surface area contributed by atoms with Crippen LogP contribution in [0.2, 0.25) is 5.02 Å². The maximum absolute atomic E-state index is 13.1. The molecule has 6 nitrogen and oxygen atoms in total. The molecule has 0 saturated carbocycles. The van der Waals surface area contributed by atoms with Crippen molar-refractivity contribution in [2.45, 2.75) is 20.0 Å². The van der Waals surface area contributed by atoms with Gasteiger partial charge in [-0.15, -0.1) is 0 Å². The average molecular weight is 337 g/mol. The number of nitrogens with zero attached hydrogens (tertiary/aromatic N) is 4. The maximum Gasteiger partial charge on any atom is 0.279 e. The summed E-state index contributed by atoms with van der Waals surface area (Å²) in [5, 5.41) is 4.12. The summed E-state index contributed by atoms with van der Waals surface area (Å²) in [6, 6.07) is 4.11. The zero-order valence-corrected chi connectivity index (χ0v) is 13.1. The van der Waals surface area contributed by atoms with Gasteiger partial charge in [-0.1, -0.05) is 11.6 Å². The second-order valence-corrected chi connectivity index (χ2v) is 5.27. The molecule has 1 aromatic carbocycles. The molecule has 2 aromatic heterocycles. The van der Waals surface area contributed by atoms with Crippen molar-refractivity contribution in [3.05, 3.63) is 51.9 Å². The molecule has 23 heavy (non-hydrogen) atoms. The fourth-order valence-electron chi connectivity index (χ4n) is 2.24. The third-order valence-corrected chi connectivity index (χ3v) is 3.70. The smallest absolute Gasteiger partial charge is 0.279 e. The summed E-state index contributed by atoms with van der Waals surface area (Å²) in [5.74, 6) is -0.0604. The predicted molar refractivity (Wildman–Crippen MR) is 84.4 cm³/mol. The maximum atomic E-state index is 13.1. The Morgan fingerprint density at radius 3 is 2.96 bits per heavy atom. The van der Waals surface area contributed by atoms with E-state index in [0.29, 0.717) is 29.9 Å². The number of fused-ring (bicyclic) bond motifs is 1. The van der Waals surface area contributed by atoms with Crippen LogP contribution in [0.3, 0.4) is 0 Å². The Morgan fingerprint density at radius 1 is 1.39 bits per heavy atom. The zero-order valence-electron chi connectivity index (χ0n) is 12.4. The van der Waals surface area contributed by atoms with Crippen LogP contribution in [0.4, 0.5) is 4.39 Å². The number of aromatic nitrogens is 4. The fourth-order valence-corrected chi connectivity index (χ4v) is 2.41. The standard InChI is InChI=1S/C15H14ClFN4O2/c1-2-21-14-13(8-19-21)18-9-20(15(14)22)5-6-23-10-3-4-12(17)11(16)7-10/h3-4,7-9H,2,5-6H2,1H3. The Labute approximate surface area is 136 Å². The second-order valence-electron chi connectivity index (χ2n) is 4.86. The van der Waals surface area contributed by atoms with Gasteiger partial charge in [-0.2, -0.15) is 5.10 Å². The van der Waals surface area contributed by atoms with Crippen LogP contribution in [0.15, 0.2) is 35.5 Å². The first-order chi connectivity index (χ1) is 11.1. The summed E-state index contributed by atoms with van der Waals surface area (Å²) in [6.07, 6.45) is 3.04. The Bertz CT molecular complexity index is 906. The molecule has 0 radical (unpaired) electrons. The summed E-state index contributed by atoms with van der Waals surface area (Å²) < 4.78 is 21.6. The second kappa shape index (κ2) is 6.37. The third-order valence-electron chi connectivity index (χ3n) is 3.41. The first-order valence-electron chi connectivity index (χ1n) is 7.09. The Morgan fingerprint density at radius 2 is 2.22 bits per heavy atom. The lowest BCUT2D eigenvalue weighted by Gasteiger charge is -2.09. The number of ether oxygens (including phenoxy) is 1. The highest BCUT2D eigenvalue weighted by atomic mass is 35.5. The van der Waals surface area contributed by atoms with Crippen molar-refractivity contribution in [2.75, 3.05) is 6.61 Å². The van der Waals surface area contributed by atoms with E-state index >= 15 is 0 Å². The minimum atomic E-state index is -0.502. The largest absolute Gasteiger partial charge is 0.492 e. The van der Waals surface area contributed by atoms with Gasteiger partial charge in [-0.25, -0.2) is 9.37 Å². The van der Waals surface area contributed by atoms with Gasteiger partial charge < -0.3 is 4.74 Å². The molecular formula is C15H14ClFN4O2. The lowest BCUT2D eigenvalue weighted by atomic mass is 10.3. The summed E-state index contributed by atoms with van der Waals surface area (Å²) in [6.45, 7) is 3.04. The quantitative estimate of drug-likeness (QED) is 0.718. The van der Waals surface area contributed by atoms with Crippen LogP contribution in [0.5, 0.6) is 5.75 Å². The van der Waals surface area contributed by atoms with Crippen LogP contribution in [-0.4, -0.2) is 25.9 Å². The predicted octanol–water partition coefficient (Wildman–Crippen LogP) is 2.48. The Balaban J connectivity index is 1.75. The van der Waals surface area contributed by atoms with Gasteiger partial charge in [0.1, 0.15) is 23.7 Å². The molecule has 120 valence electrons. The molecule has 3 aromatic rings. The van der Waals surface area contributed by atoms with Gasteiger partial charge >= 0.3 is 0 Å². The van der Waals surface area contributed by atoms with Crippen LogP contribution >= 0.6 is 11.6 Å². The zero-order chi connectivity index (χ0) is 16.4. The highest BCUT2D eigenvalue weighted by molar-refractivity contribution is 6.30. The van der Waals surface area contributed by atoms with E-state index in [1.807, 2.05) is 6.92 Å².